The Morgan fingerprint density at radius 3 is 2.47 bits per heavy atom. The third kappa shape index (κ3) is 4.51. The topological polar surface area (TPSA) is 41.4 Å². The Kier molecular flexibility index (Phi) is 6.08. The van der Waals surface area contributed by atoms with Gasteiger partial charge >= 0.3 is 0 Å². The van der Waals surface area contributed by atoms with Crippen LogP contribution in [-0.4, -0.2) is 52.3 Å². The number of piperazine rings is 1. The average Bonchev–Trinajstić information content (AvgIpc) is 3.20. The van der Waals surface area contributed by atoms with Gasteiger partial charge in [0.15, 0.2) is 5.16 Å². The highest BCUT2D eigenvalue weighted by Crippen LogP contribution is 2.24. The molecular formula is C23H25FN4OS. The minimum absolute atomic E-state index is 0.0863. The molecule has 0 aliphatic carbocycles. The van der Waals surface area contributed by atoms with E-state index in [-0.39, 0.29) is 11.7 Å². The number of thioether (sulfide) groups is 1. The Morgan fingerprint density at radius 2 is 1.77 bits per heavy atom. The molecule has 0 saturated carbocycles. The van der Waals surface area contributed by atoms with Crippen LogP contribution in [0.3, 0.4) is 0 Å². The number of aromatic nitrogens is 2. The Bertz CT molecular complexity index is 1020. The van der Waals surface area contributed by atoms with Crippen LogP contribution in [0.4, 0.5) is 10.1 Å². The van der Waals surface area contributed by atoms with Gasteiger partial charge < -0.3 is 9.80 Å². The van der Waals surface area contributed by atoms with Crippen LogP contribution in [0.25, 0.3) is 5.69 Å². The lowest BCUT2D eigenvalue weighted by Crippen LogP contribution is -2.49. The third-order valence-electron chi connectivity index (χ3n) is 5.24. The van der Waals surface area contributed by atoms with Gasteiger partial charge in [-0.2, -0.15) is 0 Å². The highest BCUT2D eigenvalue weighted by atomic mass is 32.2. The summed E-state index contributed by atoms with van der Waals surface area (Å²) in [5.74, 6) is 0.204. The molecule has 0 unspecified atom stereocenters. The van der Waals surface area contributed by atoms with Gasteiger partial charge in [0.1, 0.15) is 5.82 Å². The maximum absolute atomic E-state index is 14.0. The van der Waals surface area contributed by atoms with Gasteiger partial charge in [0.25, 0.3) is 0 Å². The summed E-state index contributed by atoms with van der Waals surface area (Å²) < 4.78 is 16.0. The Hall–Kier alpha value is -2.80. The molecule has 0 atom stereocenters. The number of anilines is 1. The van der Waals surface area contributed by atoms with E-state index in [1.165, 1.54) is 29.0 Å². The second-order valence-corrected chi connectivity index (χ2v) is 8.48. The van der Waals surface area contributed by atoms with Crippen LogP contribution in [0.1, 0.15) is 11.1 Å². The van der Waals surface area contributed by atoms with Gasteiger partial charge in [0.2, 0.25) is 5.91 Å². The van der Waals surface area contributed by atoms with Crippen molar-refractivity contribution in [1.82, 2.24) is 14.5 Å². The van der Waals surface area contributed by atoms with Gasteiger partial charge in [0.05, 0.1) is 11.4 Å². The zero-order valence-electron chi connectivity index (χ0n) is 17.2. The van der Waals surface area contributed by atoms with Crippen LogP contribution in [0.5, 0.6) is 0 Å². The highest BCUT2D eigenvalue weighted by molar-refractivity contribution is 7.99. The normalized spacial score (nSPS) is 14.2. The number of hydrogen-bond acceptors (Lipinski definition) is 4. The Morgan fingerprint density at radius 1 is 1.07 bits per heavy atom. The molecule has 156 valence electrons. The van der Waals surface area contributed by atoms with Crippen LogP contribution in [0, 0.1) is 19.7 Å². The maximum atomic E-state index is 14.0. The van der Waals surface area contributed by atoms with Gasteiger partial charge in [-0.25, -0.2) is 9.37 Å². The van der Waals surface area contributed by atoms with Gasteiger partial charge in [-0.15, -0.1) is 0 Å². The summed E-state index contributed by atoms with van der Waals surface area (Å²) in [6, 6.07) is 13.2. The predicted molar refractivity (Wildman–Crippen MR) is 119 cm³/mol. The molecule has 0 bridgehead atoms. The van der Waals surface area contributed by atoms with E-state index in [0.717, 1.165) is 10.8 Å². The largest absolute Gasteiger partial charge is 0.366 e. The highest BCUT2D eigenvalue weighted by Gasteiger charge is 2.23. The number of nitrogens with zero attached hydrogens (tertiary/aromatic N) is 4. The number of carbonyl (C=O) groups is 1. The molecule has 1 aliphatic rings. The van der Waals surface area contributed by atoms with E-state index >= 15 is 0 Å². The van der Waals surface area contributed by atoms with Crippen molar-refractivity contribution in [1.29, 1.82) is 0 Å². The molecule has 7 heteroatoms. The summed E-state index contributed by atoms with van der Waals surface area (Å²) in [6.07, 6.45) is 3.69. The standard InChI is InChI=1S/C23H25FN4OS/c1-17-13-18(2)15-19(14-17)28-8-7-25-23(28)30-16-22(29)27-11-9-26(10-12-27)21-6-4-3-5-20(21)24/h3-8,13-15H,9-12,16H2,1-2H3. The van der Waals surface area contributed by atoms with Crippen LogP contribution < -0.4 is 4.90 Å². The van der Waals surface area contributed by atoms with E-state index in [1.807, 2.05) is 26.6 Å². The monoisotopic (exact) mass is 424 g/mol. The van der Waals surface area contributed by atoms with Gasteiger partial charge in [-0.05, 0) is 49.2 Å². The zero-order valence-corrected chi connectivity index (χ0v) is 18.0. The minimum Gasteiger partial charge on any atom is -0.366 e. The molecule has 2 aromatic carbocycles. The number of para-hydroxylation sites is 1. The molecule has 2 heterocycles. The molecular weight excluding hydrogens is 399 g/mol. The van der Waals surface area contributed by atoms with E-state index in [4.69, 9.17) is 0 Å². The smallest absolute Gasteiger partial charge is 0.233 e. The lowest BCUT2D eigenvalue weighted by Gasteiger charge is -2.36. The number of carbonyl (C=O) groups excluding carboxylic acids is 1. The molecule has 0 spiro atoms. The van der Waals surface area contributed by atoms with Gasteiger partial charge in [-0.3, -0.25) is 9.36 Å². The first-order valence-electron chi connectivity index (χ1n) is 10.0. The first kappa shape index (κ1) is 20.5. The molecule has 0 radical (unpaired) electrons. The molecule has 1 amide bonds. The van der Waals surface area contributed by atoms with Crippen molar-refractivity contribution in [2.75, 3.05) is 36.8 Å². The van der Waals surface area contributed by atoms with E-state index in [9.17, 15) is 9.18 Å². The Balaban J connectivity index is 1.35. The summed E-state index contributed by atoms with van der Waals surface area (Å²) >= 11 is 1.45. The van der Waals surface area contributed by atoms with Crippen molar-refractivity contribution >= 4 is 23.4 Å². The minimum atomic E-state index is -0.217. The molecule has 0 N–H and O–H groups in total. The summed E-state index contributed by atoms with van der Waals surface area (Å²) in [5.41, 5.74) is 4.05. The first-order valence-corrected chi connectivity index (χ1v) is 11.0. The van der Waals surface area contributed by atoms with Gasteiger partial charge in [0, 0.05) is 44.3 Å². The number of halogens is 1. The first-order chi connectivity index (χ1) is 14.5. The molecule has 30 heavy (non-hydrogen) atoms. The number of rotatable bonds is 5. The van der Waals surface area contributed by atoms with Crippen molar-refractivity contribution in [2.45, 2.75) is 19.0 Å². The lowest BCUT2D eigenvalue weighted by atomic mass is 10.1. The van der Waals surface area contributed by atoms with Crippen LogP contribution in [-0.2, 0) is 4.79 Å². The predicted octanol–water partition coefficient (Wildman–Crippen LogP) is 4.07. The van der Waals surface area contributed by atoms with E-state index < -0.39 is 0 Å². The third-order valence-corrected chi connectivity index (χ3v) is 6.19. The fourth-order valence-corrected chi connectivity index (χ4v) is 4.68. The molecule has 1 saturated heterocycles. The number of aryl methyl sites for hydroxylation is 2. The van der Waals surface area contributed by atoms with Crippen LogP contribution >= 0.6 is 11.8 Å². The second kappa shape index (κ2) is 8.92. The van der Waals surface area contributed by atoms with E-state index in [0.29, 0.717) is 37.6 Å². The van der Waals surface area contributed by atoms with Gasteiger partial charge in [-0.1, -0.05) is 30.0 Å². The molecule has 1 aromatic heterocycles. The van der Waals surface area contributed by atoms with Crippen molar-refractivity contribution in [3.8, 4) is 5.69 Å². The van der Waals surface area contributed by atoms with Crippen LogP contribution in [0.2, 0.25) is 0 Å². The number of amides is 1. The van der Waals surface area contributed by atoms with Crippen molar-refractivity contribution in [3.05, 3.63) is 71.8 Å². The zero-order chi connectivity index (χ0) is 21.1. The summed E-state index contributed by atoms with van der Waals surface area (Å²) in [6.45, 7) is 6.61. The van der Waals surface area contributed by atoms with E-state index in [1.54, 1.807) is 18.3 Å². The van der Waals surface area contributed by atoms with Crippen molar-refractivity contribution in [3.63, 3.8) is 0 Å². The SMILES string of the molecule is Cc1cc(C)cc(-n2ccnc2SCC(=O)N2CCN(c3ccccc3F)CC2)c1. The summed E-state index contributed by atoms with van der Waals surface area (Å²) in [4.78, 5) is 21.0. The van der Waals surface area contributed by atoms with Crippen molar-refractivity contribution in [2.24, 2.45) is 0 Å². The number of benzene rings is 2. The Labute approximate surface area is 180 Å². The van der Waals surface area contributed by atoms with Crippen LogP contribution in [0.15, 0.2) is 60.0 Å². The fourth-order valence-electron chi connectivity index (χ4n) is 3.81. The quantitative estimate of drug-likeness (QED) is 0.579. The fraction of sp³-hybridized carbons (Fsp3) is 0.304. The second-order valence-electron chi connectivity index (χ2n) is 7.53. The molecule has 5 nitrogen and oxygen atoms in total. The number of imidazole rings is 1. The summed E-state index contributed by atoms with van der Waals surface area (Å²) in [7, 11) is 0. The van der Waals surface area contributed by atoms with E-state index in [2.05, 4.69) is 37.0 Å². The summed E-state index contributed by atoms with van der Waals surface area (Å²) in [5, 5.41) is 0.804. The number of hydrogen-bond donors (Lipinski definition) is 0. The molecule has 3 aromatic rings. The lowest BCUT2D eigenvalue weighted by molar-refractivity contribution is -0.128. The molecule has 4 rings (SSSR count). The molecule has 1 aliphatic heterocycles. The average molecular weight is 425 g/mol. The maximum Gasteiger partial charge on any atom is 0.233 e. The van der Waals surface area contributed by atoms with Crippen molar-refractivity contribution < 1.29 is 9.18 Å². The molecule has 1 fully saturated rings.